The van der Waals surface area contributed by atoms with Gasteiger partial charge >= 0.3 is 6.03 Å². The molecule has 1 saturated carbocycles. The molecule has 2 fully saturated rings. The van der Waals surface area contributed by atoms with Gasteiger partial charge in [-0.2, -0.15) is 0 Å². The molecule has 1 unspecified atom stereocenters. The summed E-state index contributed by atoms with van der Waals surface area (Å²) in [6.45, 7) is 4.13. The molecule has 0 spiro atoms. The van der Waals surface area contributed by atoms with E-state index in [1.807, 2.05) is 24.0 Å². The largest absolute Gasteiger partial charge is 0.338 e. The number of imide groups is 1. The van der Waals surface area contributed by atoms with Crippen LogP contribution < -0.4 is 5.32 Å². The van der Waals surface area contributed by atoms with Crippen molar-refractivity contribution in [1.29, 1.82) is 0 Å². The average Bonchev–Trinajstić information content (AvgIpc) is 3.28. The molecule has 3 aliphatic rings. The van der Waals surface area contributed by atoms with Gasteiger partial charge in [0.2, 0.25) is 5.91 Å². The Morgan fingerprint density at radius 2 is 1.86 bits per heavy atom. The van der Waals surface area contributed by atoms with Gasteiger partial charge in [-0.15, -0.1) is 0 Å². The highest BCUT2D eigenvalue weighted by Gasteiger charge is 2.50. The molecule has 4 amide bonds. The van der Waals surface area contributed by atoms with Gasteiger partial charge in [-0.25, -0.2) is 4.79 Å². The first-order chi connectivity index (χ1) is 13.9. The van der Waals surface area contributed by atoms with Crippen LogP contribution in [0, 0.1) is 0 Å². The lowest BCUT2D eigenvalue weighted by molar-refractivity contribution is -0.140. The third kappa shape index (κ3) is 3.53. The molecule has 6 nitrogen and oxygen atoms in total. The SMILES string of the molecule is CCN(C(=O)CN1C(=O)NC(C)(c2ccc3c(c2)CCC3)C1=O)C1CCCCC1. The van der Waals surface area contributed by atoms with Crippen LogP contribution in [-0.4, -0.2) is 46.8 Å². The molecule has 1 atom stereocenters. The van der Waals surface area contributed by atoms with Crippen LogP contribution in [-0.2, 0) is 28.0 Å². The molecular formula is C23H31N3O3. The molecule has 0 aromatic heterocycles. The molecule has 4 rings (SSSR count). The van der Waals surface area contributed by atoms with Crippen LogP contribution in [0.1, 0.15) is 69.1 Å². The average molecular weight is 398 g/mol. The van der Waals surface area contributed by atoms with E-state index in [0.29, 0.717) is 6.54 Å². The first-order valence-electron chi connectivity index (χ1n) is 11.0. The molecule has 29 heavy (non-hydrogen) atoms. The number of nitrogens with one attached hydrogen (secondary N) is 1. The number of hydrogen-bond donors (Lipinski definition) is 1. The lowest BCUT2D eigenvalue weighted by atomic mass is 9.89. The number of rotatable bonds is 5. The van der Waals surface area contributed by atoms with Gasteiger partial charge in [0.1, 0.15) is 12.1 Å². The number of aryl methyl sites for hydroxylation is 2. The van der Waals surface area contributed by atoms with Crippen LogP contribution in [0.5, 0.6) is 0 Å². The Morgan fingerprint density at radius 3 is 2.59 bits per heavy atom. The number of benzene rings is 1. The van der Waals surface area contributed by atoms with Crippen molar-refractivity contribution in [3.8, 4) is 0 Å². The van der Waals surface area contributed by atoms with Gasteiger partial charge in [0.15, 0.2) is 0 Å². The van der Waals surface area contributed by atoms with E-state index in [0.717, 1.165) is 55.4 Å². The second kappa shape index (κ2) is 7.81. The molecule has 1 heterocycles. The molecule has 1 aromatic rings. The minimum Gasteiger partial charge on any atom is -0.338 e. The van der Waals surface area contributed by atoms with Gasteiger partial charge in [0, 0.05) is 12.6 Å². The number of nitrogens with zero attached hydrogens (tertiary/aromatic N) is 2. The first-order valence-corrected chi connectivity index (χ1v) is 11.0. The number of urea groups is 1. The van der Waals surface area contributed by atoms with Crippen LogP contribution in [0.3, 0.4) is 0 Å². The summed E-state index contributed by atoms with van der Waals surface area (Å²) in [7, 11) is 0. The van der Waals surface area contributed by atoms with E-state index >= 15 is 0 Å². The number of likely N-dealkylation sites (N-methyl/N-ethyl adjacent to an activating group) is 1. The number of fused-ring (bicyclic) bond motifs is 1. The van der Waals surface area contributed by atoms with Crippen LogP contribution in [0.25, 0.3) is 0 Å². The molecule has 1 aromatic carbocycles. The lowest BCUT2D eigenvalue weighted by Crippen LogP contribution is -2.48. The van der Waals surface area contributed by atoms with Crippen LogP contribution in [0.2, 0.25) is 0 Å². The van der Waals surface area contributed by atoms with Crippen molar-refractivity contribution in [3.05, 3.63) is 34.9 Å². The van der Waals surface area contributed by atoms with E-state index in [1.165, 1.54) is 17.5 Å². The normalized spacial score (nSPS) is 24.6. The summed E-state index contributed by atoms with van der Waals surface area (Å²) in [6, 6.07) is 5.80. The van der Waals surface area contributed by atoms with Crippen molar-refractivity contribution in [1.82, 2.24) is 15.1 Å². The summed E-state index contributed by atoms with van der Waals surface area (Å²) in [4.78, 5) is 41.8. The zero-order valence-electron chi connectivity index (χ0n) is 17.5. The fourth-order valence-corrected chi connectivity index (χ4v) is 5.18. The monoisotopic (exact) mass is 397 g/mol. The third-order valence-corrected chi connectivity index (χ3v) is 6.92. The Hall–Kier alpha value is -2.37. The van der Waals surface area contributed by atoms with Crippen molar-refractivity contribution in [3.63, 3.8) is 0 Å². The Balaban J connectivity index is 1.51. The second-order valence-corrected chi connectivity index (χ2v) is 8.76. The van der Waals surface area contributed by atoms with Crippen LogP contribution >= 0.6 is 0 Å². The smallest absolute Gasteiger partial charge is 0.325 e. The molecule has 0 radical (unpaired) electrons. The quantitative estimate of drug-likeness (QED) is 0.776. The van der Waals surface area contributed by atoms with E-state index in [-0.39, 0.29) is 24.4 Å². The maximum Gasteiger partial charge on any atom is 0.325 e. The summed E-state index contributed by atoms with van der Waals surface area (Å²) < 4.78 is 0. The third-order valence-electron chi connectivity index (χ3n) is 6.92. The van der Waals surface area contributed by atoms with Crippen molar-refractivity contribution in [2.75, 3.05) is 13.1 Å². The molecule has 1 saturated heterocycles. The lowest BCUT2D eigenvalue weighted by Gasteiger charge is -2.34. The standard InChI is InChI=1S/C23H31N3O3/c1-3-25(19-10-5-4-6-11-19)20(27)15-26-21(28)23(2,24-22(26)29)18-13-12-16-8-7-9-17(16)14-18/h12-14,19H,3-11,15H2,1-2H3,(H,24,29). The Bertz CT molecular complexity index is 831. The van der Waals surface area contributed by atoms with Crippen molar-refractivity contribution in [2.24, 2.45) is 0 Å². The molecule has 2 aliphatic carbocycles. The van der Waals surface area contributed by atoms with E-state index in [1.54, 1.807) is 6.92 Å². The maximum absolute atomic E-state index is 13.2. The predicted molar refractivity (Wildman–Crippen MR) is 110 cm³/mol. The molecule has 0 bridgehead atoms. The van der Waals surface area contributed by atoms with Crippen molar-refractivity contribution >= 4 is 17.8 Å². The van der Waals surface area contributed by atoms with Gasteiger partial charge in [-0.1, -0.05) is 37.5 Å². The van der Waals surface area contributed by atoms with Crippen molar-refractivity contribution in [2.45, 2.75) is 76.8 Å². The van der Waals surface area contributed by atoms with Crippen molar-refractivity contribution < 1.29 is 14.4 Å². The van der Waals surface area contributed by atoms with Gasteiger partial charge in [-0.05, 0) is 62.6 Å². The topological polar surface area (TPSA) is 69.7 Å². The summed E-state index contributed by atoms with van der Waals surface area (Å²) >= 11 is 0. The van der Waals surface area contributed by atoms with Crippen LogP contribution in [0.15, 0.2) is 18.2 Å². The minimum atomic E-state index is -1.11. The summed E-state index contributed by atoms with van der Waals surface area (Å²) in [5, 5.41) is 2.85. The summed E-state index contributed by atoms with van der Waals surface area (Å²) in [6.07, 6.45) is 8.71. The molecule has 156 valence electrons. The van der Waals surface area contributed by atoms with Gasteiger partial charge < -0.3 is 10.2 Å². The fourth-order valence-electron chi connectivity index (χ4n) is 5.18. The van der Waals surface area contributed by atoms with Crippen LogP contribution in [0.4, 0.5) is 4.79 Å². The number of carbonyl (C=O) groups is 3. The van der Waals surface area contributed by atoms with Gasteiger partial charge in [0.25, 0.3) is 5.91 Å². The highest BCUT2D eigenvalue weighted by atomic mass is 16.2. The maximum atomic E-state index is 13.2. The summed E-state index contributed by atoms with van der Waals surface area (Å²) in [5.41, 5.74) is 2.27. The van der Waals surface area contributed by atoms with Gasteiger partial charge in [-0.3, -0.25) is 14.5 Å². The minimum absolute atomic E-state index is 0.138. The Morgan fingerprint density at radius 1 is 1.14 bits per heavy atom. The van der Waals surface area contributed by atoms with E-state index in [9.17, 15) is 14.4 Å². The zero-order valence-corrected chi connectivity index (χ0v) is 17.5. The molecular weight excluding hydrogens is 366 g/mol. The number of carbonyl (C=O) groups excluding carboxylic acids is 3. The molecule has 6 heteroatoms. The molecule has 1 aliphatic heterocycles. The van der Waals surface area contributed by atoms with Gasteiger partial charge in [0.05, 0.1) is 0 Å². The zero-order chi connectivity index (χ0) is 20.6. The summed E-state index contributed by atoms with van der Waals surface area (Å²) in [5.74, 6) is -0.477. The Kier molecular flexibility index (Phi) is 5.36. The Labute approximate surface area is 172 Å². The highest BCUT2D eigenvalue weighted by Crippen LogP contribution is 2.33. The van der Waals surface area contributed by atoms with E-state index in [4.69, 9.17) is 0 Å². The van der Waals surface area contributed by atoms with E-state index < -0.39 is 11.6 Å². The molecule has 1 N–H and O–H groups in total. The second-order valence-electron chi connectivity index (χ2n) is 8.76. The van der Waals surface area contributed by atoms with E-state index in [2.05, 4.69) is 11.4 Å². The predicted octanol–water partition coefficient (Wildman–Crippen LogP) is 3.12. The first kappa shape index (κ1) is 19.9. The number of hydrogen-bond acceptors (Lipinski definition) is 3. The highest BCUT2D eigenvalue weighted by molar-refractivity contribution is 6.09. The number of amides is 4. The fraction of sp³-hybridized carbons (Fsp3) is 0.609.